The monoisotopic (exact) mass is 477 g/mol. The second-order valence-electron chi connectivity index (χ2n) is 7.35. The van der Waals surface area contributed by atoms with Gasteiger partial charge in [-0.15, -0.1) is 5.10 Å². The van der Waals surface area contributed by atoms with E-state index in [0.717, 1.165) is 5.56 Å². The van der Waals surface area contributed by atoms with Gasteiger partial charge in [-0.1, -0.05) is 35.3 Å². The third-order valence-electron chi connectivity index (χ3n) is 5.21. The molecule has 10 heteroatoms. The van der Waals surface area contributed by atoms with Crippen LogP contribution >= 0.6 is 23.2 Å². The van der Waals surface area contributed by atoms with E-state index in [0.29, 0.717) is 44.3 Å². The highest BCUT2D eigenvalue weighted by molar-refractivity contribution is 6.42. The average Bonchev–Trinajstić information content (AvgIpc) is 3.25. The Bertz CT molecular complexity index is 1370. The summed E-state index contributed by atoms with van der Waals surface area (Å²) in [5.74, 6) is 0.624. The fraction of sp³-hybridized carbons (Fsp3) is 0.0870. The van der Waals surface area contributed by atoms with Crippen molar-refractivity contribution in [2.45, 2.75) is 13.0 Å². The third kappa shape index (κ3) is 3.94. The Hall–Kier alpha value is -3.75. The van der Waals surface area contributed by atoms with E-state index in [1.807, 2.05) is 25.1 Å². The van der Waals surface area contributed by atoms with Crippen molar-refractivity contribution >= 4 is 40.7 Å². The normalized spacial score (nSPS) is 15.1. The predicted octanol–water partition coefficient (Wildman–Crippen LogP) is 4.97. The number of nitrogens with one attached hydrogen (secondary N) is 2. The summed E-state index contributed by atoms with van der Waals surface area (Å²) in [6, 6.07) is 11.8. The van der Waals surface area contributed by atoms with Gasteiger partial charge in [0.15, 0.2) is 5.82 Å². The topological polar surface area (TPSA) is 97.6 Å². The van der Waals surface area contributed by atoms with Crippen molar-refractivity contribution in [3.05, 3.63) is 94.1 Å². The molecule has 0 fully saturated rings. The minimum Gasteiger partial charge on any atom is -0.328 e. The lowest BCUT2D eigenvalue weighted by Gasteiger charge is -2.29. The van der Waals surface area contributed by atoms with Crippen LogP contribution in [0.4, 0.5) is 11.6 Å². The molecule has 8 nitrogen and oxygen atoms in total. The summed E-state index contributed by atoms with van der Waals surface area (Å²) in [7, 11) is 0. The minimum atomic E-state index is -0.665. The molecule has 1 aromatic carbocycles. The minimum absolute atomic E-state index is 0.321. The van der Waals surface area contributed by atoms with Crippen molar-refractivity contribution in [1.29, 1.82) is 0 Å². The molecular formula is C23H17Cl2N7O. The summed E-state index contributed by atoms with van der Waals surface area (Å²) in [4.78, 5) is 26.3. The van der Waals surface area contributed by atoms with E-state index in [4.69, 9.17) is 28.3 Å². The zero-order chi connectivity index (χ0) is 22.9. The number of halogens is 2. The number of hydrogen-bond donors (Lipinski definition) is 2. The number of carbonyl (C=O) groups excluding carboxylic acids is 1. The van der Waals surface area contributed by atoms with Crippen molar-refractivity contribution in [2.75, 3.05) is 10.6 Å². The first-order chi connectivity index (χ1) is 16.0. The first kappa shape index (κ1) is 21.1. The van der Waals surface area contributed by atoms with Crippen LogP contribution in [0.25, 0.3) is 11.4 Å². The number of rotatable bonds is 4. The van der Waals surface area contributed by atoms with Gasteiger partial charge in [-0.05, 0) is 37.3 Å². The highest BCUT2D eigenvalue weighted by Crippen LogP contribution is 2.41. The van der Waals surface area contributed by atoms with Crippen molar-refractivity contribution in [2.24, 2.45) is 0 Å². The largest absolute Gasteiger partial charge is 0.328 e. The van der Waals surface area contributed by atoms with Crippen LogP contribution in [-0.4, -0.2) is 30.6 Å². The van der Waals surface area contributed by atoms with Crippen LogP contribution < -0.4 is 10.6 Å². The van der Waals surface area contributed by atoms with Crippen LogP contribution in [0, 0.1) is 0 Å². The fourth-order valence-corrected chi connectivity index (χ4v) is 4.13. The number of benzene rings is 1. The van der Waals surface area contributed by atoms with Crippen molar-refractivity contribution in [3.8, 4) is 11.4 Å². The second kappa shape index (κ2) is 8.65. The zero-order valence-corrected chi connectivity index (χ0v) is 18.8. The lowest BCUT2D eigenvalue weighted by molar-refractivity contribution is -0.113. The summed E-state index contributed by atoms with van der Waals surface area (Å²) in [5.41, 5.74) is 2.99. The Labute approximate surface area is 199 Å². The molecule has 4 aromatic rings. The molecule has 0 aliphatic carbocycles. The smallest absolute Gasteiger partial charge is 0.255 e. The maximum Gasteiger partial charge on any atom is 0.255 e. The second-order valence-corrected chi connectivity index (χ2v) is 8.14. The summed E-state index contributed by atoms with van der Waals surface area (Å²) < 4.78 is 1.64. The quantitative estimate of drug-likeness (QED) is 0.430. The number of hydrogen-bond acceptors (Lipinski definition) is 6. The molecule has 0 radical (unpaired) electrons. The van der Waals surface area contributed by atoms with E-state index in [1.165, 1.54) is 0 Å². The molecule has 164 valence electrons. The van der Waals surface area contributed by atoms with Gasteiger partial charge in [-0.3, -0.25) is 14.8 Å². The van der Waals surface area contributed by atoms with Gasteiger partial charge in [0.2, 0.25) is 5.95 Å². The van der Waals surface area contributed by atoms with Gasteiger partial charge in [0.1, 0.15) is 6.04 Å². The summed E-state index contributed by atoms with van der Waals surface area (Å²) in [6.45, 7) is 1.81. The highest BCUT2D eigenvalue weighted by Gasteiger charge is 2.36. The van der Waals surface area contributed by atoms with Crippen molar-refractivity contribution in [1.82, 2.24) is 24.7 Å². The maximum absolute atomic E-state index is 13.5. The Morgan fingerprint density at radius 1 is 1.06 bits per heavy atom. The van der Waals surface area contributed by atoms with Gasteiger partial charge in [0, 0.05) is 35.4 Å². The number of anilines is 2. The molecule has 2 N–H and O–H groups in total. The molecular weight excluding hydrogens is 461 g/mol. The molecule has 1 amide bonds. The zero-order valence-electron chi connectivity index (χ0n) is 17.3. The summed E-state index contributed by atoms with van der Waals surface area (Å²) >= 11 is 12.9. The fourth-order valence-electron chi connectivity index (χ4n) is 3.72. The van der Waals surface area contributed by atoms with Crippen LogP contribution in [0.2, 0.25) is 10.0 Å². The number of carbonyl (C=O) groups is 1. The van der Waals surface area contributed by atoms with E-state index in [1.54, 1.807) is 53.7 Å². The molecule has 0 saturated carbocycles. The number of aromatic nitrogens is 5. The Kier molecular flexibility index (Phi) is 5.53. The molecule has 1 unspecified atom stereocenters. The molecule has 0 saturated heterocycles. The first-order valence-corrected chi connectivity index (χ1v) is 10.8. The SMILES string of the molecule is CC1=C(C(=O)Nc2cccnc2)C(c2cccc(Cl)c2Cl)n2nc(-c3cccnc3)nc2N1. The van der Waals surface area contributed by atoms with E-state index >= 15 is 0 Å². The van der Waals surface area contributed by atoms with Gasteiger partial charge >= 0.3 is 0 Å². The van der Waals surface area contributed by atoms with Crippen LogP contribution in [0.3, 0.4) is 0 Å². The standard InChI is InChI=1S/C23H17Cl2N7O/c1-13-18(22(33)29-15-6-4-10-27-12-15)20(16-7-2-8-17(24)19(16)25)32-23(28-13)30-21(31-32)14-5-3-9-26-11-14/h2-12,20H,1H3,(H,29,33)(H,28,30,31). The Morgan fingerprint density at radius 3 is 2.58 bits per heavy atom. The molecule has 1 atom stereocenters. The van der Waals surface area contributed by atoms with E-state index in [9.17, 15) is 4.79 Å². The number of nitrogens with zero attached hydrogens (tertiary/aromatic N) is 5. The number of fused-ring (bicyclic) bond motifs is 1. The van der Waals surface area contributed by atoms with E-state index in [-0.39, 0.29) is 5.91 Å². The lowest BCUT2D eigenvalue weighted by atomic mass is 9.95. The number of allylic oxidation sites excluding steroid dienone is 1. The molecule has 3 aromatic heterocycles. The molecule has 5 rings (SSSR count). The van der Waals surface area contributed by atoms with Crippen LogP contribution in [0.15, 0.2) is 78.5 Å². The molecule has 1 aliphatic heterocycles. The summed E-state index contributed by atoms with van der Waals surface area (Å²) in [5, 5.41) is 11.5. The molecule has 0 spiro atoms. The molecule has 0 bridgehead atoms. The predicted molar refractivity (Wildman–Crippen MR) is 127 cm³/mol. The lowest BCUT2D eigenvalue weighted by Crippen LogP contribution is -2.31. The van der Waals surface area contributed by atoms with E-state index in [2.05, 4.69) is 25.6 Å². The molecule has 4 heterocycles. The molecule has 1 aliphatic rings. The van der Waals surface area contributed by atoms with Gasteiger partial charge in [-0.2, -0.15) is 4.98 Å². The number of pyridine rings is 2. The van der Waals surface area contributed by atoms with Gasteiger partial charge in [0.25, 0.3) is 5.91 Å². The Balaban J connectivity index is 1.65. The highest BCUT2D eigenvalue weighted by atomic mass is 35.5. The molecule has 33 heavy (non-hydrogen) atoms. The number of amides is 1. The van der Waals surface area contributed by atoms with Crippen LogP contribution in [0.5, 0.6) is 0 Å². The van der Waals surface area contributed by atoms with E-state index < -0.39 is 6.04 Å². The van der Waals surface area contributed by atoms with Crippen LogP contribution in [-0.2, 0) is 4.79 Å². The summed E-state index contributed by atoms with van der Waals surface area (Å²) in [6.07, 6.45) is 6.57. The third-order valence-corrected chi connectivity index (χ3v) is 6.05. The van der Waals surface area contributed by atoms with Gasteiger partial charge < -0.3 is 10.6 Å². The first-order valence-electron chi connectivity index (χ1n) is 10.0. The maximum atomic E-state index is 13.5. The van der Waals surface area contributed by atoms with Crippen molar-refractivity contribution in [3.63, 3.8) is 0 Å². The van der Waals surface area contributed by atoms with Gasteiger partial charge in [-0.25, -0.2) is 4.68 Å². The van der Waals surface area contributed by atoms with Crippen molar-refractivity contribution < 1.29 is 4.79 Å². The van der Waals surface area contributed by atoms with Crippen LogP contribution in [0.1, 0.15) is 18.5 Å². The Morgan fingerprint density at radius 2 is 1.85 bits per heavy atom. The van der Waals surface area contributed by atoms with Gasteiger partial charge in [0.05, 0.1) is 27.5 Å². The average molecular weight is 478 g/mol.